The number of hydrogen-bond donors (Lipinski definition) is 2. The second-order valence-corrected chi connectivity index (χ2v) is 5.00. The van der Waals surface area contributed by atoms with Crippen LogP contribution in [0.5, 0.6) is 0 Å². The summed E-state index contributed by atoms with van der Waals surface area (Å²) in [6, 6.07) is 0. The smallest absolute Gasteiger partial charge is 0.0662 e. The van der Waals surface area contributed by atoms with E-state index in [1.54, 1.807) is 0 Å². The van der Waals surface area contributed by atoms with Crippen molar-refractivity contribution in [3.8, 4) is 0 Å². The third-order valence-corrected chi connectivity index (χ3v) is 3.67. The predicted molar refractivity (Wildman–Crippen MR) is 59.2 cm³/mol. The molecular formula is C10H21NOS. The van der Waals surface area contributed by atoms with Crippen LogP contribution in [0.1, 0.15) is 26.2 Å². The highest BCUT2D eigenvalue weighted by Gasteiger charge is 2.13. The van der Waals surface area contributed by atoms with E-state index in [9.17, 15) is 5.11 Å². The Hall–Kier alpha value is 0.270. The quantitative estimate of drug-likeness (QED) is 0.710. The molecule has 13 heavy (non-hydrogen) atoms. The minimum atomic E-state index is -0.155. The Morgan fingerprint density at radius 1 is 1.46 bits per heavy atom. The van der Waals surface area contributed by atoms with E-state index in [1.165, 1.54) is 24.3 Å². The minimum absolute atomic E-state index is 0.155. The van der Waals surface area contributed by atoms with Gasteiger partial charge in [-0.3, -0.25) is 0 Å². The van der Waals surface area contributed by atoms with Crippen molar-refractivity contribution < 1.29 is 5.11 Å². The van der Waals surface area contributed by atoms with Gasteiger partial charge in [0.1, 0.15) is 0 Å². The lowest BCUT2D eigenvalue weighted by Crippen LogP contribution is -2.31. The highest BCUT2D eigenvalue weighted by molar-refractivity contribution is 7.99. The Bertz CT molecular complexity index is 126. The van der Waals surface area contributed by atoms with E-state index in [0.29, 0.717) is 0 Å². The summed E-state index contributed by atoms with van der Waals surface area (Å²) in [6.07, 6.45) is 3.39. The first-order valence-electron chi connectivity index (χ1n) is 5.29. The monoisotopic (exact) mass is 203 g/mol. The molecule has 1 heterocycles. The fourth-order valence-corrected chi connectivity index (χ4v) is 2.75. The molecule has 0 amide bonds. The fourth-order valence-electron chi connectivity index (χ4n) is 1.55. The first kappa shape index (κ1) is 11.3. The van der Waals surface area contributed by atoms with Gasteiger partial charge in [-0.15, -0.1) is 0 Å². The van der Waals surface area contributed by atoms with E-state index in [1.807, 2.05) is 6.92 Å². The van der Waals surface area contributed by atoms with Gasteiger partial charge < -0.3 is 10.4 Å². The van der Waals surface area contributed by atoms with E-state index < -0.39 is 0 Å². The van der Waals surface area contributed by atoms with Crippen LogP contribution in [0.4, 0.5) is 0 Å². The predicted octanol–water partition coefficient (Wildman–Crippen LogP) is 1.49. The van der Waals surface area contributed by atoms with Crippen LogP contribution >= 0.6 is 11.8 Å². The van der Waals surface area contributed by atoms with Crippen LogP contribution in [-0.4, -0.2) is 35.8 Å². The number of rotatable bonds is 5. The molecule has 1 aliphatic heterocycles. The van der Waals surface area contributed by atoms with E-state index in [0.717, 1.165) is 25.4 Å². The molecule has 1 rings (SSSR count). The summed E-state index contributed by atoms with van der Waals surface area (Å²) in [7, 11) is 0. The van der Waals surface area contributed by atoms with Gasteiger partial charge in [0.25, 0.3) is 0 Å². The zero-order valence-electron chi connectivity index (χ0n) is 8.46. The molecule has 0 radical (unpaired) electrons. The van der Waals surface area contributed by atoms with Crippen molar-refractivity contribution in [3.05, 3.63) is 0 Å². The van der Waals surface area contributed by atoms with Crippen molar-refractivity contribution in [2.24, 2.45) is 5.92 Å². The molecule has 1 unspecified atom stereocenters. The van der Waals surface area contributed by atoms with Gasteiger partial charge in [0.15, 0.2) is 0 Å². The van der Waals surface area contributed by atoms with Crippen molar-refractivity contribution in [1.29, 1.82) is 0 Å². The lowest BCUT2D eigenvalue weighted by Gasteiger charge is -2.22. The summed E-state index contributed by atoms with van der Waals surface area (Å²) in [5.74, 6) is 3.50. The normalized spacial score (nSPS) is 21.7. The van der Waals surface area contributed by atoms with Gasteiger partial charge in [-0.05, 0) is 43.2 Å². The molecule has 1 fully saturated rings. The van der Waals surface area contributed by atoms with Gasteiger partial charge in [0, 0.05) is 6.54 Å². The van der Waals surface area contributed by atoms with E-state index in [4.69, 9.17) is 0 Å². The molecule has 1 saturated heterocycles. The molecule has 2 N–H and O–H groups in total. The van der Waals surface area contributed by atoms with Gasteiger partial charge in [0.05, 0.1) is 6.10 Å². The molecule has 78 valence electrons. The number of aliphatic hydroxyl groups is 1. The fraction of sp³-hybridized carbons (Fsp3) is 1.00. The van der Waals surface area contributed by atoms with Crippen molar-refractivity contribution >= 4 is 11.8 Å². The topological polar surface area (TPSA) is 32.3 Å². The zero-order valence-corrected chi connectivity index (χ0v) is 9.28. The van der Waals surface area contributed by atoms with Gasteiger partial charge in [-0.25, -0.2) is 0 Å². The molecule has 0 aromatic heterocycles. The Labute approximate surface area is 85.5 Å². The second kappa shape index (κ2) is 6.68. The van der Waals surface area contributed by atoms with Gasteiger partial charge in [-0.1, -0.05) is 6.92 Å². The third kappa shape index (κ3) is 4.89. The van der Waals surface area contributed by atoms with Crippen molar-refractivity contribution in [2.45, 2.75) is 32.3 Å². The molecule has 0 bridgehead atoms. The first-order valence-corrected chi connectivity index (χ1v) is 6.45. The van der Waals surface area contributed by atoms with Gasteiger partial charge in [0.2, 0.25) is 0 Å². The maximum absolute atomic E-state index is 9.32. The Morgan fingerprint density at radius 2 is 2.15 bits per heavy atom. The van der Waals surface area contributed by atoms with Crippen molar-refractivity contribution in [2.75, 3.05) is 24.6 Å². The standard InChI is InChI=1S/C10H21NOS/c1-2-10(12)8-11-7-9-3-5-13-6-4-9/h9-12H,2-8H2,1H3. The molecule has 1 aliphatic rings. The Kier molecular flexibility index (Phi) is 5.83. The lowest BCUT2D eigenvalue weighted by molar-refractivity contribution is 0.165. The summed E-state index contributed by atoms with van der Waals surface area (Å²) in [4.78, 5) is 0. The number of nitrogens with one attached hydrogen (secondary N) is 1. The Morgan fingerprint density at radius 3 is 2.77 bits per heavy atom. The van der Waals surface area contributed by atoms with Crippen LogP contribution in [-0.2, 0) is 0 Å². The van der Waals surface area contributed by atoms with Crippen molar-refractivity contribution in [1.82, 2.24) is 5.32 Å². The van der Waals surface area contributed by atoms with Crippen LogP contribution in [0.25, 0.3) is 0 Å². The van der Waals surface area contributed by atoms with Crippen LogP contribution in [0.3, 0.4) is 0 Å². The van der Waals surface area contributed by atoms with Crippen LogP contribution in [0.15, 0.2) is 0 Å². The largest absolute Gasteiger partial charge is 0.392 e. The summed E-state index contributed by atoms with van der Waals surface area (Å²) in [5, 5.41) is 12.7. The summed E-state index contributed by atoms with van der Waals surface area (Å²) in [6.45, 7) is 3.88. The maximum Gasteiger partial charge on any atom is 0.0662 e. The molecule has 3 heteroatoms. The molecule has 0 aromatic carbocycles. The Balaban J connectivity index is 1.98. The molecule has 1 atom stereocenters. The average molecular weight is 203 g/mol. The van der Waals surface area contributed by atoms with E-state index in [2.05, 4.69) is 17.1 Å². The van der Waals surface area contributed by atoms with Crippen LogP contribution < -0.4 is 5.32 Å². The molecule has 2 nitrogen and oxygen atoms in total. The second-order valence-electron chi connectivity index (χ2n) is 3.78. The maximum atomic E-state index is 9.32. The minimum Gasteiger partial charge on any atom is -0.392 e. The van der Waals surface area contributed by atoms with Crippen LogP contribution in [0.2, 0.25) is 0 Å². The molecule has 0 aromatic rings. The highest BCUT2D eigenvalue weighted by Crippen LogP contribution is 2.21. The lowest BCUT2D eigenvalue weighted by atomic mass is 10.0. The van der Waals surface area contributed by atoms with Gasteiger partial charge in [-0.2, -0.15) is 11.8 Å². The summed E-state index contributed by atoms with van der Waals surface area (Å²) >= 11 is 2.07. The number of hydrogen-bond acceptors (Lipinski definition) is 3. The molecule has 0 saturated carbocycles. The van der Waals surface area contributed by atoms with Crippen molar-refractivity contribution in [3.63, 3.8) is 0 Å². The summed E-state index contributed by atoms with van der Waals surface area (Å²) in [5.41, 5.74) is 0. The molecule has 0 spiro atoms. The van der Waals surface area contributed by atoms with Crippen LogP contribution in [0, 0.1) is 5.92 Å². The average Bonchev–Trinajstić information content (AvgIpc) is 2.19. The van der Waals surface area contributed by atoms with E-state index in [-0.39, 0.29) is 6.10 Å². The third-order valence-electron chi connectivity index (χ3n) is 2.63. The summed E-state index contributed by atoms with van der Waals surface area (Å²) < 4.78 is 0. The van der Waals surface area contributed by atoms with Gasteiger partial charge >= 0.3 is 0 Å². The molecular weight excluding hydrogens is 182 g/mol. The van der Waals surface area contributed by atoms with E-state index >= 15 is 0 Å². The zero-order chi connectivity index (χ0) is 9.52. The number of aliphatic hydroxyl groups excluding tert-OH is 1. The first-order chi connectivity index (χ1) is 6.33. The molecule has 0 aliphatic carbocycles. The number of thioether (sulfide) groups is 1. The SMILES string of the molecule is CCC(O)CNCC1CCSCC1. The highest BCUT2D eigenvalue weighted by atomic mass is 32.2.